The van der Waals surface area contributed by atoms with Crippen molar-refractivity contribution in [3.63, 3.8) is 0 Å². The molecule has 0 fully saturated rings. The van der Waals surface area contributed by atoms with Crippen molar-refractivity contribution in [3.8, 4) is 0 Å². The third-order valence-corrected chi connectivity index (χ3v) is 0.871. The molecule has 2 heteroatoms. The van der Waals surface area contributed by atoms with E-state index in [0.29, 0.717) is 24.9 Å². The number of allylic oxidation sites excluding steroid dienone is 1. The minimum Gasteiger partial charge on any atom is -0.327 e. The van der Waals surface area contributed by atoms with Crippen LogP contribution in [-0.4, -0.2) is 6.54 Å². The Bertz CT molecular complexity index is 103. The molecule has 0 rings (SSSR count). The standard InChI is InChI=1S/C5H10FN.C3H8.C3H6.C2H6/c1-2-5(3-6)4-7;2*1-3-2;1-2/h3H,2,4,7H2,1H3;3H2,1-2H3;3H,1H2,2H3;1-2H3/b5-3-;;;. The maximum Gasteiger partial charge on any atom is 0.0871 e. The third-order valence-electron chi connectivity index (χ3n) is 0.871. The van der Waals surface area contributed by atoms with Gasteiger partial charge in [-0.15, -0.1) is 6.58 Å². The molecule has 0 aromatic rings. The van der Waals surface area contributed by atoms with Gasteiger partial charge in [0, 0.05) is 6.54 Å². The van der Waals surface area contributed by atoms with Crippen molar-refractivity contribution >= 4 is 0 Å². The minimum absolute atomic E-state index is 0.340. The van der Waals surface area contributed by atoms with Crippen molar-refractivity contribution in [2.75, 3.05) is 6.54 Å². The van der Waals surface area contributed by atoms with Crippen LogP contribution >= 0.6 is 0 Å². The van der Waals surface area contributed by atoms with Crippen LogP contribution in [0.4, 0.5) is 4.39 Å². The Hall–Kier alpha value is -0.630. The van der Waals surface area contributed by atoms with Gasteiger partial charge < -0.3 is 5.73 Å². The fourth-order valence-electron chi connectivity index (χ4n) is 0.266. The zero-order valence-electron chi connectivity index (χ0n) is 11.4. The molecule has 0 heterocycles. The second kappa shape index (κ2) is 37.7. The molecule has 0 bridgehead atoms. The molecule has 0 unspecified atom stereocenters. The summed E-state index contributed by atoms with van der Waals surface area (Å²) in [6, 6.07) is 0. The van der Waals surface area contributed by atoms with E-state index in [1.54, 1.807) is 6.08 Å². The number of halogens is 1. The molecule has 0 aliphatic rings. The van der Waals surface area contributed by atoms with E-state index in [0.717, 1.165) is 0 Å². The summed E-state index contributed by atoms with van der Waals surface area (Å²) in [5.41, 5.74) is 5.75. The summed E-state index contributed by atoms with van der Waals surface area (Å²) in [7, 11) is 0. The van der Waals surface area contributed by atoms with E-state index in [1.807, 2.05) is 27.7 Å². The van der Waals surface area contributed by atoms with Gasteiger partial charge in [-0.2, -0.15) is 0 Å². The number of nitrogens with two attached hydrogens (primary N) is 1. The normalized spacial score (nSPS) is 8.13. The van der Waals surface area contributed by atoms with Gasteiger partial charge in [0.05, 0.1) is 6.33 Å². The van der Waals surface area contributed by atoms with Crippen LogP contribution in [0.5, 0.6) is 0 Å². The van der Waals surface area contributed by atoms with Gasteiger partial charge in [-0.05, 0) is 18.9 Å². The first-order chi connectivity index (χ1) is 7.17. The Labute approximate surface area is 96.3 Å². The molecule has 0 aromatic carbocycles. The lowest BCUT2D eigenvalue weighted by Gasteiger charge is -1.91. The van der Waals surface area contributed by atoms with Crippen LogP contribution in [0.25, 0.3) is 0 Å². The predicted molar refractivity (Wildman–Crippen MR) is 71.7 cm³/mol. The molecule has 0 saturated carbocycles. The average Bonchev–Trinajstić information content (AvgIpc) is 2.26. The lowest BCUT2D eigenvalue weighted by Crippen LogP contribution is -2.00. The molecule has 0 aromatic heterocycles. The van der Waals surface area contributed by atoms with E-state index in [4.69, 9.17) is 5.73 Å². The Kier molecular flexibility index (Phi) is 60.0. The fraction of sp³-hybridized carbons (Fsp3) is 0.692. The highest BCUT2D eigenvalue weighted by Gasteiger charge is 1.84. The van der Waals surface area contributed by atoms with Gasteiger partial charge in [0.15, 0.2) is 0 Å². The van der Waals surface area contributed by atoms with Crippen LogP contribution in [0.2, 0.25) is 0 Å². The first-order valence-electron chi connectivity index (χ1n) is 5.73. The van der Waals surface area contributed by atoms with Crippen LogP contribution in [0.15, 0.2) is 24.6 Å². The molecule has 0 aliphatic heterocycles. The SMILES string of the molecule is C=CC.CC.CC/C(=C/F)CN.CCC. The average molecular weight is 219 g/mol. The van der Waals surface area contributed by atoms with Crippen molar-refractivity contribution in [1.29, 1.82) is 0 Å². The van der Waals surface area contributed by atoms with Gasteiger partial charge in [0.25, 0.3) is 0 Å². The van der Waals surface area contributed by atoms with Gasteiger partial charge in [-0.1, -0.05) is 47.1 Å². The lowest BCUT2D eigenvalue weighted by molar-refractivity contribution is 0.698. The third kappa shape index (κ3) is 59.9. The van der Waals surface area contributed by atoms with Gasteiger partial charge in [0.1, 0.15) is 0 Å². The number of hydrogen-bond acceptors (Lipinski definition) is 1. The largest absolute Gasteiger partial charge is 0.327 e. The van der Waals surface area contributed by atoms with Gasteiger partial charge in [-0.3, -0.25) is 0 Å². The smallest absolute Gasteiger partial charge is 0.0871 e. The molecular formula is C13H30FN. The van der Waals surface area contributed by atoms with E-state index >= 15 is 0 Å². The number of rotatable bonds is 2. The quantitative estimate of drug-likeness (QED) is 0.660. The molecule has 1 nitrogen and oxygen atoms in total. The molecule has 0 saturated heterocycles. The molecule has 15 heavy (non-hydrogen) atoms. The zero-order valence-corrected chi connectivity index (χ0v) is 11.4. The Morgan fingerprint density at radius 2 is 1.53 bits per heavy atom. The molecular weight excluding hydrogens is 189 g/mol. The summed E-state index contributed by atoms with van der Waals surface area (Å²) in [4.78, 5) is 0. The topological polar surface area (TPSA) is 26.0 Å². The van der Waals surface area contributed by atoms with E-state index in [9.17, 15) is 4.39 Å². The fourth-order valence-corrected chi connectivity index (χ4v) is 0.266. The monoisotopic (exact) mass is 219 g/mol. The van der Waals surface area contributed by atoms with E-state index in [2.05, 4.69) is 20.4 Å². The summed E-state index contributed by atoms with van der Waals surface area (Å²) < 4.78 is 11.4. The Balaban J connectivity index is -0.0000000638. The van der Waals surface area contributed by atoms with Crippen LogP contribution in [0.1, 0.15) is 54.4 Å². The van der Waals surface area contributed by atoms with Crippen LogP contribution in [-0.2, 0) is 0 Å². The van der Waals surface area contributed by atoms with E-state index in [-0.39, 0.29) is 0 Å². The van der Waals surface area contributed by atoms with E-state index in [1.165, 1.54) is 6.42 Å². The second-order valence-electron chi connectivity index (χ2n) is 2.44. The molecule has 0 atom stereocenters. The molecule has 2 N–H and O–H groups in total. The van der Waals surface area contributed by atoms with E-state index < -0.39 is 0 Å². The van der Waals surface area contributed by atoms with Crippen molar-refractivity contribution in [2.45, 2.75) is 54.4 Å². The summed E-state index contributed by atoms with van der Waals surface area (Å²) in [5, 5.41) is 0. The number of hydrogen-bond donors (Lipinski definition) is 1. The molecule has 94 valence electrons. The predicted octanol–water partition coefficient (Wildman–Crippen LogP) is 4.84. The minimum atomic E-state index is 0.340. The Morgan fingerprint density at radius 1 is 1.27 bits per heavy atom. The highest BCUT2D eigenvalue weighted by atomic mass is 19.1. The molecule has 0 aliphatic carbocycles. The molecule has 0 radical (unpaired) electrons. The van der Waals surface area contributed by atoms with Crippen molar-refractivity contribution in [2.24, 2.45) is 5.73 Å². The maximum atomic E-state index is 11.4. The lowest BCUT2D eigenvalue weighted by atomic mass is 10.2. The second-order valence-corrected chi connectivity index (χ2v) is 2.44. The van der Waals surface area contributed by atoms with Crippen molar-refractivity contribution in [3.05, 3.63) is 24.6 Å². The summed E-state index contributed by atoms with van der Waals surface area (Å²) in [5.74, 6) is 0. The van der Waals surface area contributed by atoms with Crippen molar-refractivity contribution < 1.29 is 4.39 Å². The van der Waals surface area contributed by atoms with Crippen LogP contribution < -0.4 is 5.73 Å². The van der Waals surface area contributed by atoms with Gasteiger partial charge in [0.2, 0.25) is 0 Å². The zero-order chi connectivity index (χ0) is 13.1. The Morgan fingerprint density at radius 3 is 1.53 bits per heavy atom. The molecule has 0 amide bonds. The van der Waals surface area contributed by atoms with Gasteiger partial charge in [-0.25, -0.2) is 4.39 Å². The summed E-state index contributed by atoms with van der Waals surface area (Å²) >= 11 is 0. The summed E-state index contributed by atoms with van der Waals surface area (Å²) in [6.45, 7) is 15.7. The summed E-state index contributed by atoms with van der Waals surface area (Å²) in [6.07, 6.45) is 4.28. The van der Waals surface area contributed by atoms with Crippen LogP contribution in [0.3, 0.4) is 0 Å². The maximum absolute atomic E-state index is 11.4. The molecule has 0 spiro atoms. The van der Waals surface area contributed by atoms with Gasteiger partial charge >= 0.3 is 0 Å². The van der Waals surface area contributed by atoms with Crippen LogP contribution in [0, 0.1) is 0 Å². The highest BCUT2D eigenvalue weighted by Crippen LogP contribution is 1.95. The first-order valence-corrected chi connectivity index (χ1v) is 5.73. The highest BCUT2D eigenvalue weighted by molar-refractivity contribution is 4.97. The van der Waals surface area contributed by atoms with Crippen molar-refractivity contribution in [1.82, 2.24) is 0 Å². The first kappa shape index (κ1) is 23.9.